The van der Waals surface area contributed by atoms with Crippen LogP contribution in [0.1, 0.15) is 24.8 Å². The van der Waals surface area contributed by atoms with Gasteiger partial charge in [-0.15, -0.1) is 0 Å². The first-order chi connectivity index (χ1) is 9.33. The minimum atomic E-state index is 0.551. The van der Waals surface area contributed by atoms with Gasteiger partial charge in [0.15, 0.2) is 11.5 Å². The predicted molar refractivity (Wildman–Crippen MR) is 76.1 cm³/mol. The zero-order valence-corrected chi connectivity index (χ0v) is 11.6. The van der Waals surface area contributed by atoms with E-state index in [4.69, 9.17) is 21.1 Å². The van der Waals surface area contributed by atoms with E-state index in [1.807, 2.05) is 12.1 Å². The molecule has 0 saturated carbocycles. The Hall–Kier alpha value is -1.19. The maximum Gasteiger partial charge on any atom is 0.179 e. The third kappa shape index (κ3) is 3.04. The van der Waals surface area contributed by atoms with Gasteiger partial charge in [-0.1, -0.05) is 23.8 Å². The van der Waals surface area contributed by atoms with Crippen LogP contribution in [0.4, 0.5) is 0 Å². The maximum atomic E-state index is 6.27. The highest BCUT2D eigenvalue weighted by Gasteiger charge is 2.16. The van der Waals surface area contributed by atoms with Gasteiger partial charge in [0, 0.05) is 19.0 Å². The molecule has 0 radical (unpaired) electrons. The lowest BCUT2D eigenvalue weighted by atomic mass is 10.1. The molecular weight excluding hydrogens is 262 g/mol. The normalized spacial score (nSPS) is 18.6. The fraction of sp³-hybridized carbons (Fsp3) is 0.467. The number of nitrogens with one attached hydrogen (secondary N) is 1. The van der Waals surface area contributed by atoms with Gasteiger partial charge in [0.25, 0.3) is 0 Å². The van der Waals surface area contributed by atoms with Crippen molar-refractivity contribution in [3.05, 3.63) is 34.9 Å². The molecule has 1 aromatic carbocycles. The van der Waals surface area contributed by atoms with Crippen LogP contribution in [0.15, 0.2) is 24.3 Å². The Bertz CT molecular complexity index is 479. The average Bonchev–Trinajstić information content (AvgIpc) is 2.81. The number of ether oxygens (including phenoxy) is 2. The quantitative estimate of drug-likeness (QED) is 0.861. The van der Waals surface area contributed by atoms with Crippen LogP contribution in [0.3, 0.4) is 0 Å². The molecule has 19 heavy (non-hydrogen) atoms. The SMILES string of the molecule is Clc1cc(CNC2CC=CC2)cc2c1OCCCO2. The highest BCUT2D eigenvalue weighted by molar-refractivity contribution is 6.32. The van der Waals surface area contributed by atoms with E-state index >= 15 is 0 Å². The topological polar surface area (TPSA) is 30.5 Å². The summed E-state index contributed by atoms with van der Waals surface area (Å²) in [7, 11) is 0. The van der Waals surface area contributed by atoms with E-state index in [9.17, 15) is 0 Å². The molecule has 0 amide bonds. The Balaban J connectivity index is 1.71. The summed E-state index contributed by atoms with van der Waals surface area (Å²) < 4.78 is 11.3. The number of hydrogen-bond donors (Lipinski definition) is 1. The molecule has 1 aromatic rings. The Morgan fingerprint density at radius 3 is 2.79 bits per heavy atom. The fourth-order valence-electron chi connectivity index (χ4n) is 2.43. The third-order valence-electron chi connectivity index (χ3n) is 3.46. The number of benzene rings is 1. The van der Waals surface area contributed by atoms with E-state index in [2.05, 4.69) is 17.5 Å². The van der Waals surface area contributed by atoms with E-state index in [0.717, 1.165) is 37.1 Å². The lowest BCUT2D eigenvalue weighted by Crippen LogP contribution is -2.25. The molecule has 1 N–H and O–H groups in total. The van der Waals surface area contributed by atoms with Crippen LogP contribution in [-0.2, 0) is 6.54 Å². The van der Waals surface area contributed by atoms with Crippen LogP contribution >= 0.6 is 11.6 Å². The molecule has 1 heterocycles. The highest BCUT2D eigenvalue weighted by Crippen LogP contribution is 2.38. The van der Waals surface area contributed by atoms with Crippen molar-refractivity contribution >= 4 is 11.6 Å². The Morgan fingerprint density at radius 1 is 1.16 bits per heavy atom. The molecule has 0 fully saturated rings. The van der Waals surface area contributed by atoms with Crippen molar-refractivity contribution in [1.82, 2.24) is 5.32 Å². The van der Waals surface area contributed by atoms with Gasteiger partial charge >= 0.3 is 0 Å². The first-order valence-corrected chi connectivity index (χ1v) is 7.17. The van der Waals surface area contributed by atoms with Gasteiger partial charge in [0.05, 0.1) is 18.2 Å². The van der Waals surface area contributed by atoms with Crippen LogP contribution < -0.4 is 14.8 Å². The van der Waals surface area contributed by atoms with Crippen molar-refractivity contribution in [3.8, 4) is 11.5 Å². The van der Waals surface area contributed by atoms with Gasteiger partial charge in [0.2, 0.25) is 0 Å². The molecule has 1 aliphatic heterocycles. The molecule has 0 spiro atoms. The Morgan fingerprint density at radius 2 is 1.95 bits per heavy atom. The lowest BCUT2D eigenvalue weighted by Gasteiger charge is -2.14. The van der Waals surface area contributed by atoms with Crippen LogP contribution in [-0.4, -0.2) is 19.3 Å². The molecule has 3 rings (SSSR count). The van der Waals surface area contributed by atoms with E-state index in [0.29, 0.717) is 30.0 Å². The van der Waals surface area contributed by atoms with Crippen molar-refractivity contribution in [2.24, 2.45) is 0 Å². The van der Waals surface area contributed by atoms with E-state index in [1.165, 1.54) is 0 Å². The summed E-state index contributed by atoms with van der Waals surface area (Å²) >= 11 is 6.27. The third-order valence-corrected chi connectivity index (χ3v) is 3.75. The summed E-state index contributed by atoms with van der Waals surface area (Å²) in [5.74, 6) is 1.46. The molecule has 1 aliphatic carbocycles. The van der Waals surface area contributed by atoms with Gasteiger partial charge in [-0.25, -0.2) is 0 Å². The van der Waals surface area contributed by atoms with Crippen molar-refractivity contribution < 1.29 is 9.47 Å². The molecule has 2 aliphatic rings. The fourth-order valence-corrected chi connectivity index (χ4v) is 2.72. The maximum absolute atomic E-state index is 6.27. The van der Waals surface area contributed by atoms with Crippen molar-refractivity contribution in [2.45, 2.75) is 31.8 Å². The lowest BCUT2D eigenvalue weighted by molar-refractivity contribution is 0.297. The van der Waals surface area contributed by atoms with Crippen LogP contribution in [0, 0.1) is 0 Å². The van der Waals surface area contributed by atoms with Crippen molar-refractivity contribution in [3.63, 3.8) is 0 Å². The molecule has 0 bridgehead atoms. The predicted octanol–water partition coefficient (Wildman–Crippen LogP) is 3.31. The number of halogens is 1. The van der Waals surface area contributed by atoms with Gasteiger partial charge in [-0.05, 0) is 30.5 Å². The molecule has 4 heteroatoms. The number of fused-ring (bicyclic) bond motifs is 1. The second-order valence-electron chi connectivity index (χ2n) is 4.98. The summed E-state index contributed by atoms with van der Waals surface area (Å²) in [6.07, 6.45) is 7.56. The van der Waals surface area contributed by atoms with E-state index < -0.39 is 0 Å². The molecule has 102 valence electrons. The van der Waals surface area contributed by atoms with Gasteiger partial charge < -0.3 is 14.8 Å². The second-order valence-corrected chi connectivity index (χ2v) is 5.38. The van der Waals surface area contributed by atoms with E-state index in [-0.39, 0.29) is 0 Å². The Kier molecular flexibility index (Phi) is 3.95. The highest BCUT2D eigenvalue weighted by atomic mass is 35.5. The molecule has 3 nitrogen and oxygen atoms in total. The summed E-state index contributed by atoms with van der Waals surface area (Å²) in [6, 6.07) is 4.54. The monoisotopic (exact) mass is 279 g/mol. The number of hydrogen-bond acceptors (Lipinski definition) is 3. The minimum Gasteiger partial charge on any atom is -0.489 e. The summed E-state index contributed by atoms with van der Waals surface area (Å²) in [5, 5.41) is 4.17. The van der Waals surface area contributed by atoms with Gasteiger partial charge in [-0.2, -0.15) is 0 Å². The largest absolute Gasteiger partial charge is 0.489 e. The van der Waals surface area contributed by atoms with E-state index in [1.54, 1.807) is 0 Å². The minimum absolute atomic E-state index is 0.551. The zero-order chi connectivity index (χ0) is 13.1. The number of rotatable bonds is 3. The first-order valence-electron chi connectivity index (χ1n) is 6.79. The molecule has 0 atom stereocenters. The van der Waals surface area contributed by atoms with Gasteiger partial charge in [-0.3, -0.25) is 0 Å². The standard InChI is InChI=1S/C15H18ClNO2/c16-13-8-11(10-17-12-4-1-2-5-12)9-14-15(13)19-7-3-6-18-14/h1-2,8-9,12,17H,3-7,10H2. The summed E-state index contributed by atoms with van der Waals surface area (Å²) in [5.41, 5.74) is 1.14. The van der Waals surface area contributed by atoms with Crippen LogP contribution in [0.25, 0.3) is 0 Å². The average molecular weight is 280 g/mol. The first kappa shape index (κ1) is 12.8. The smallest absolute Gasteiger partial charge is 0.179 e. The molecule has 0 aromatic heterocycles. The summed E-state index contributed by atoms with van der Waals surface area (Å²) in [6.45, 7) is 2.16. The van der Waals surface area contributed by atoms with Crippen molar-refractivity contribution in [1.29, 1.82) is 0 Å². The van der Waals surface area contributed by atoms with Crippen molar-refractivity contribution in [2.75, 3.05) is 13.2 Å². The molecule has 0 saturated heterocycles. The molecular formula is C15H18ClNO2. The molecule has 0 unspecified atom stereocenters. The Labute approximate surface area is 118 Å². The zero-order valence-electron chi connectivity index (χ0n) is 10.8. The van der Waals surface area contributed by atoms with Crippen LogP contribution in [0.2, 0.25) is 5.02 Å². The van der Waals surface area contributed by atoms with Crippen LogP contribution in [0.5, 0.6) is 11.5 Å². The second kappa shape index (κ2) is 5.85. The summed E-state index contributed by atoms with van der Waals surface area (Å²) in [4.78, 5) is 0. The van der Waals surface area contributed by atoms with Gasteiger partial charge in [0.1, 0.15) is 0 Å².